The predicted octanol–water partition coefficient (Wildman–Crippen LogP) is 3.01. The maximum Gasteiger partial charge on any atom is 0.318 e. The summed E-state index contributed by atoms with van der Waals surface area (Å²) < 4.78 is 0. The number of carbonyl (C=O) groups excluding carboxylic acids is 1. The van der Waals surface area contributed by atoms with Crippen LogP contribution in [0.15, 0.2) is 30.3 Å². The van der Waals surface area contributed by atoms with E-state index in [1.807, 2.05) is 44.2 Å². The van der Waals surface area contributed by atoms with Gasteiger partial charge in [-0.25, -0.2) is 4.79 Å². The number of hydrogen-bond acceptors (Lipinski definition) is 2. The Morgan fingerprint density at radius 1 is 1.24 bits per heavy atom. The molecule has 21 heavy (non-hydrogen) atoms. The Bertz CT molecular complexity index is 420. The zero-order valence-electron chi connectivity index (χ0n) is 13.5. The second-order valence-corrected chi connectivity index (χ2v) is 5.91. The van der Waals surface area contributed by atoms with Crippen molar-refractivity contribution in [2.24, 2.45) is 5.92 Å². The summed E-state index contributed by atoms with van der Waals surface area (Å²) in [5.41, 5.74) is 1.06. The fourth-order valence-corrected chi connectivity index (χ4v) is 1.86. The lowest BCUT2D eigenvalue weighted by atomic mass is 10.1. The molecule has 0 spiro atoms. The van der Waals surface area contributed by atoms with E-state index in [9.17, 15) is 9.90 Å². The van der Waals surface area contributed by atoms with Crippen LogP contribution in [0.2, 0.25) is 0 Å². The lowest BCUT2D eigenvalue weighted by Gasteiger charge is -2.28. The highest BCUT2D eigenvalue weighted by Gasteiger charge is 2.19. The average Bonchev–Trinajstić information content (AvgIpc) is 2.47. The SMILES string of the molecule is CCC(O)CN(Cc1ccccc1)C(=O)NC(C)C(C)C. The Morgan fingerprint density at radius 3 is 2.38 bits per heavy atom. The zero-order valence-corrected chi connectivity index (χ0v) is 13.5. The van der Waals surface area contributed by atoms with Crippen molar-refractivity contribution in [2.45, 2.75) is 52.8 Å². The molecule has 1 aromatic carbocycles. The van der Waals surface area contributed by atoms with Gasteiger partial charge in [0.2, 0.25) is 0 Å². The minimum atomic E-state index is -0.492. The largest absolute Gasteiger partial charge is 0.391 e. The van der Waals surface area contributed by atoms with Gasteiger partial charge in [0.15, 0.2) is 0 Å². The van der Waals surface area contributed by atoms with Gasteiger partial charge in [0.25, 0.3) is 0 Å². The maximum atomic E-state index is 12.4. The molecule has 0 aliphatic carbocycles. The van der Waals surface area contributed by atoms with Crippen molar-refractivity contribution in [3.63, 3.8) is 0 Å². The molecule has 4 heteroatoms. The Kier molecular flexibility index (Phi) is 7.23. The molecule has 118 valence electrons. The third kappa shape index (κ3) is 6.17. The first kappa shape index (κ1) is 17.5. The number of aliphatic hydroxyl groups excluding tert-OH is 1. The summed E-state index contributed by atoms with van der Waals surface area (Å²) in [6, 6.07) is 9.84. The summed E-state index contributed by atoms with van der Waals surface area (Å²) in [7, 11) is 0. The monoisotopic (exact) mass is 292 g/mol. The summed E-state index contributed by atoms with van der Waals surface area (Å²) in [6.07, 6.45) is 0.145. The molecule has 0 heterocycles. The maximum absolute atomic E-state index is 12.4. The first-order valence-corrected chi connectivity index (χ1v) is 7.71. The molecule has 1 aromatic rings. The molecule has 2 N–H and O–H groups in total. The van der Waals surface area contributed by atoms with Crippen LogP contribution in [0.3, 0.4) is 0 Å². The quantitative estimate of drug-likeness (QED) is 0.811. The van der Waals surface area contributed by atoms with Crippen molar-refractivity contribution in [1.82, 2.24) is 10.2 Å². The van der Waals surface area contributed by atoms with Gasteiger partial charge in [-0.1, -0.05) is 51.1 Å². The number of carbonyl (C=O) groups is 1. The fourth-order valence-electron chi connectivity index (χ4n) is 1.86. The molecule has 0 aliphatic heterocycles. The Labute approximate surface area is 128 Å². The highest BCUT2D eigenvalue weighted by Crippen LogP contribution is 2.08. The Morgan fingerprint density at radius 2 is 1.86 bits per heavy atom. The van der Waals surface area contributed by atoms with Gasteiger partial charge in [0.05, 0.1) is 6.10 Å². The first-order valence-electron chi connectivity index (χ1n) is 7.71. The number of hydrogen-bond donors (Lipinski definition) is 2. The van der Waals surface area contributed by atoms with Crippen molar-refractivity contribution >= 4 is 6.03 Å². The van der Waals surface area contributed by atoms with Crippen molar-refractivity contribution in [2.75, 3.05) is 6.54 Å². The molecular weight excluding hydrogens is 264 g/mol. The molecule has 0 aliphatic rings. The predicted molar refractivity (Wildman–Crippen MR) is 86.0 cm³/mol. The van der Waals surface area contributed by atoms with E-state index in [2.05, 4.69) is 19.2 Å². The number of urea groups is 1. The van der Waals surface area contributed by atoms with Crippen LogP contribution in [0.1, 0.15) is 39.7 Å². The molecule has 2 amide bonds. The summed E-state index contributed by atoms with van der Waals surface area (Å²) in [5, 5.41) is 12.9. The average molecular weight is 292 g/mol. The molecule has 0 saturated heterocycles. The van der Waals surface area contributed by atoms with Crippen LogP contribution in [0.5, 0.6) is 0 Å². The molecule has 0 fully saturated rings. The van der Waals surface area contributed by atoms with E-state index in [-0.39, 0.29) is 12.1 Å². The standard InChI is InChI=1S/C17H28N2O2/c1-5-16(20)12-19(11-15-9-7-6-8-10-15)17(21)18-14(4)13(2)3/h6-10,13-14,16,20H,5,11-12H2,1-4H3,(H,18,21). The topological polar surface area (TPSA) is 52.6 Å². The lowest BCUT2D eigenvalue weighted by molar-refractivity contribution is 0.113. The number of benzene rings is 1. The zero-order chi connectivity index (χ0) is 15.8. The minimum Gasteiger partial charge on any atom is -0.391 e. The minimum absolute atomic E-state index is 0.106. The van der Waals surface area contributed by atoms with Crippen LogP contribution in [-0.2, 0) is 6.54 Å². The Balaban J connectivity index is 2.74. The van der Waals surface area contributed by atoms with E-state index in [0.29, 0.717) is 25.4 Å². The Hall–Kier alpha value is -1.55. The van der Waals surface area contributed by atoms with Gasteiger partial charge in [-0.05, 0) is 24.8 Å². The number of aliphatic hydroxyl groups is 1. The molecular formula is C17H28N2O2. The van der Waals surface area contributed by atoms with E-state index < -0.39 is 6.10 Å². The molecule has 0 aromatic heterocycles. The molecule has 4 nitrogen and oxygen atoms in total. The van der Waals surface area contributed by atoms with Crippen LogP contribution >= 0.6 is 0 Å². The van der Waals surface area contributed by atoms with Gasteiger partial charge < -0.3 is 15.3 Å². The lowest BCUT2D eigenvalue weighted by Crippen LogP contribution is -2.47. The van der Waals surface area contributed by atoms with Crippen LogP contribution in [0.25, 0.3) is 0 Å². The summed E-state index contributed by atoms with van der Waals surface area (Å²) in [5.74, 6) is 0.378. The third-order valence-corrected chi connectivity index (χ3v) is 3.76. The van der Waals surface area contributed by atoms with E-state index >= 15 is 0 Å². The van der Waals surface area contributed by atoms with Crippen molar-refractivity contribution in [3.05, 3.63) is 35.9 Å². The van der Waals surface area contributed by atoms with Gasteiger partial charge in [0.1, 0.15) is 0 Å². The molecule has 2 atom stereocenters. The summed E-state index contributed by atoms with van der Waals surface area (Å²) >= 11 is 0. The second-order valence-electron chi connectivity index (χ2n) is 5.91. The molecule has 1 rings (SSSR count). The van der Waals surface area contributed by atoms with Crippen LogP contribution in [0.4, 0.5) is 4.79 Å². The molecule has 2 unspecified atom stereocenters. The van der Waals surface area contributed by atoms with Gasteiger partial charge in [-0.3, -0.25) is 0 Å². The molecule has 0 saturated carbocycles. The van der Waals surface area contributed by atoms with Gasteiger partial charge in [-0.15, -0.1) is 0 Å². The van der Waals surface area contributed by atoms with E-state index in [1.54, 1.807) is 4.90 Å². The van der Waals surface area contributed by atoms with Crippen molar-refractivity contribution in [1.29, 1.82) is 0 Å². The number of nitrogens with zero attached hydrogens (tertiary/aromatic N) is 1. The second kappa shape index (κ2) is 8.67. The highest BCUT2D eigenvalue weighted by molar-refractivity contribution is 5.74. The number of nitrogens with one attached hydrogen (secondary N) is 1. The van der Waals surface area contributed by atoms with Crippen molar-refractivity contribution in [3.8, 4) is 0 Å². The first-order chi connectivity index (χ1) is 9.93. The van der Waals surface area contributed by atoms with Gasteiger partial charge >= 0.3 is 6.03 Å². The number of rotatable bonds is 7. The van der Waals surface area contributed by atoms with Crippen LogP contribution in [-0.4, -0.2) is 34.7 Å². The van der Waals surface area contributed by atoms with E-state index in [1.165, 1.54) is 0 Å². The summed E-state index contributed by atoms with van der Waals surface area (Å²) in [4.78, 5) is 14.1. The van der Waals surface area contributed by atoms with E-state index in [0.717, 1.165) is 5.56 Å². The van der Waals surface area contributed by atoms with Crippen LogP contribution < -0.4 is 5.32 Å². The van der Waals surface area contributed by atoms with E-state index in [4.69, 9.17) is 0 Å². The van der Waals surface area contributed by atoms with Gasteiger partial charge in [-0.2, -0.15) is 0 Å². The third-order valence-electron chi connectivity index (χ3n) is 3.76. The summed E-state index contributed by atoms with van der Waals surface area (Å²) in [6.45, 7) is 8.93. The smallest absolute Gasteiger partial charge is 0.318 e. The highest BCUT2D eigenvalue weighted by atomic mass is 16.3. The molecule has 0 bridgehead atoms. The van der Waals surface area contributed by atoms with Crippen LogP contribution in [0, 0.1) is 5.92 Å². The van der Waals surface area contributed by atoms with Gasteiger partial charge in [0, 0.05) is 19.1 Å². The molecule has 0 radical (unpaired) electrons. The normalized spacial score (nSPS) is 13.8. The van der Waals surface area contributed by atoms with Crippen molar-refractivity contribution < 1.29 is 9.90 Å². The number of amides is 2. The fraction of sp³-hybridized carbons (Fsp3) is 0.588.